The molecule has 0 aromatic carbocycles. The van der Waals surface area contributed by atoms with Crippen LogP contribution >= 0.6 is 0 Å². The monoisotopic (exact) mass is 292 g/mol. The van der Waals surface area contributed by atoms with Gasteiger partial charge >= 0.3 is 0 Å². The average Bonchev–Trinajstić information content (AvgIpc) is 3.08. The van der Waals surface area contributed by atoms with Gasteiger partial charge in [-0.3, -0.25) is 0 Å². The van der Waals surface area contributed by atoms with E-state index >= 15 is 0 Å². The first-order valence-electron chi connectivity index (χ1n) is 9.64. The second-order valence-electron chi connectivity index (χ2n) is 8.65. The van der Waals surface area contributed by atoms with Crippen molar-refractivity contribution in [1.29, 1.82) is 0 Å². The molecule has 0 aromatic rings. The number of nitrogens with one attached hydrogen (secondary N) is 1. The van der Waals surface area contributed by atoms with E-state index in [1.807, 2.05) is 0 Å². The first-order valence-corrected chi connectivity index (χ1v) is 9.64. The highest BCUT2D eigenvalue weighted by atomic mass is 15.2. The van der Waals surface area contributed by atoms with E-state index < -0.39 is 0 Å². The van der Waals surface area contributed by atoms with Gasteiger partial charge in [-0.1, -0.05) is 39.5 Å². The van der Waals surface area contributed by atoms with Crippen LogP contribution in [0.5, 0.6) is 0 Å². The summed E-state index contributed by atoms with van der Waals surface area (Å²) in [5, 5.41) is 3.95. The van der Waals surface area contributed by atoms with Crippen molar-refractivity contribution in [2.24, 2.45) is 23.7 Å². The molecule has 0 amide bonds. The summed E-state index contributed by atoms with van der Waals surface area (Å²) in [6.45, 7) is 9.98. The molecule has 3 rings (SSSR count). The molecule has 1 aliphatic heterocycles. The lowest BCUT2D eigenvalue weighted by molar-refractivity contribution is 0.119. The summed E-state index contributed by atoms with van der Waals surface area (Å²) in [7, 11) is 0. The van der Waals surface area contributed by atoms with E-state index in [1.165, 1.54) is 77.5 Å². The number of nitrogens with zero attached hydrogens (tertiary/aromatic N) is 1. The van der Waals surface area contributed by atoms with E-state index in [0.717, 1.165) is 29.7 Å². The van der Waals surface area contributed by atoms with Crippen molar-refractivity contribution >= 4 is 0 Å². The molecule has 122 valence electrons. The fourth-order valence-corrected chi connectivity index (χ4v) is 4.66. The van der Waals surface area contributed by atoms with E-state index in [0.29, 0.717) is 0 Å². The van der Waals surface area contributed by atoms with Crippen molar-refractivity contribution < 1.29 is 0 Å². The molecule has 3 aliphatic rings. The van der Waals surface area contributed by atoms with Gasteiger partial charge in [0.2, 0.25) is 0 Å². The molecule has 1 N–H and O–H groups in total. The SMILES string of the molecule is CC(C)CN1CC(CC2CC2)CC(NCC2CCCC2)C1. The van der Waals surface area contributed by atoms with Gasteiger partial charge in [-0.2, -0.15) is 0 Å². The fraction of sp³-hybridized carbons (Fsp3) is 1.00. The van der Waals surface area contributed by atoms with Crippen LogP contribution in [0, 0.1) is 23.7 Å². The Labute approximate surface area is 132 Å². The Morgan fingerprint density at radius 3 is 2.38 bits per heavy atom. The van der Waals surface area contributed by atoms with Crippen LogP contribution < -0.4 is 5.32 Å². The molecule has 2 aliphatic carbocycles. The van der Waals surface area contributed by atoms with Gasteiger partial charge in [-0.15, -0.1) is 0 Å². The van der Waals surface area contributed by atoms with E-state index in [1.54, 1.807) is 0 Å². The molecular weight excluding hydrogens is 256 g/mol. The molecule has 3 fully saturated rings. The van der Waals surface area contributed by atoms with Gasteiger partial charge in [0.1, 0.15) is 0 Å². The molecule has 1 saturated heterocycles. The molecule has 0 radical (unpaired) electrons. The van der Waals surface area contributed by atoms with Crippen molar-refractivity contribution in [3.8, 4) is 0 Å². The Hall–Kier alpha value is -0.0800. The van der Waals surface area contributed by atoms with Crippen molar-refractivity contribution in [3.63, 3.8) is 0 Å². The quantitative estimate of drug-likeness (QED) is 0.765. The first kappa shape index (κ1) is 15.8. The van der Waals surface area contributed by atoms with E-state index in [2.05, 4.69) is 24.1 Å². The smallest absolute Gasteiger partial charge is 0.0198 e. The topological polar surface area (TPSA) is 15.3 Å². The Morgan fingerprint density at radius 1 is 0.952 bits per heavy atom. The molecule has 0 aromatic heterocycles. The van der Waals surface area contributed by atoms with Crippen LogP contribution in [-0.4, -0.2) is 37.1 Å². The lowest BCUT2D eigenvalue weighted by Gasteiger charge is -2.39. The van der Waals surface area contributed by atoms with Crippen LogP contribution in [0.3, 0.4) is 0 Å². The van der Waals surface area contributed by atoms with Gasteiger partial charge in [-0.25, -0.2) is 0 Å². The maximum absolute atomic E-state index is 3.95. The summed E-state index contributed by atoms with van der Waals surface area (Å²) >= 11 is 0. The van der Waals surface area contributed by atoms with Gasteiger partial charge in [-0.05, 0) is 55.9 Å². The summed E-state index contributed by atoms with van der Waals surface area (Å²) in [4.78, 5) is 2.76. The van der Waals surface area contributed by atoms with Gasteiger partial charge in [0.15, 0.2) is 0 Å². The molecule has 1 heterocycles. The zero-order valence-corrected chi connectivity index (χ0v) is 14.3. The summed E-state index contributed by atoms with van der Waals surface area (Å²) in [6, 6.07) is 0.766. The first-order chi connectivity index (χ1) is 10.2. The van der Waals surface area contributed by atoms with Crippen LogP contribution in [0.1, 0.15) is 65.2 Å². The summed E-state index contributed by atoms with van der Waals surface area (Å²) in [6.07, 6.45) is 11.9. The highest BCUT2D eigenvalue weighted by Crippen LogP contribution is 2.38. The largest absolute Gasteiger partial charge is 0.312 e. The number of likely N-dealkylation sites (tertiary alicyclic amines) is 1. The molecule has 0 bridgehead atoms. The molecule has 21 heavy (non-hydrogen) atoms. The minimum absolute atomic E-state index is 0.766. The Bertz CT molecular complexity index is 293. The van der Waals surface area contributed by atoms with Crippen LogP contribution in [0.25, 0.3) is 0 Å². The highest BCUT2D eigenvalue weighted by molar-refractivity contribution is 4.88. The molecule has 2 nitrogen and oxygen atoms in total. The minimum atomic E-state index is 0.766. The van der Waals surface area contributed by atoms with Crippen LogP contribution in [0.4, 0.5) is 0 Å². The second-order valence-corrected chi connectivity index (χ2v) is 8.65. The van der Waals surface area contributed by atoms with Crippen LogP contribution in [0.2, 0.25) is 0 Å². The van der Waals surface area contributed by atoms with Crippen LogP contribution in [-0.2, 0) is 0 Å². The molecular formula is C19H36N2. The standard InChI is InChI=1S/C19H36N2/c1-15(2)12-21-13-18(9-16-7-8-16)10-19(14-21)20-11-17-5-3-4-6-17/h15-20H,3-14H2,1-2H3. The van der Waals surface area contributed by atoms with Crippen molar-refractivity contribution in [2.75, 3.05) is 26.2 Å². The average molecular weight is 293 g/mol. The molecule has 0 spiro atoms. The fourth-order valence-electron chi connectivity index (χ4n) is 4.66. The lowest BCUT2D eigenvalue weighted by atomic mass is 9.89. The number of hydrogen-bond acceptors (Lipinski definition) is 2. The van der Waals surface area contributed by atoms with Gasteiger partial charge in [0.25, 0.3) is 0 Å². The summed E-state index contributed by atoms with van der Waals surface area (Å²) in [5.41, 5.74) is 0. The second kappa shape index (κ2) is 7.46. The number of hydrogen-bond donors (Lipinski definition) is 1. The lowest BCUT2D eigenvalue weighted by Crippen LogP contribution is -2.51. The predicted molar refractivity (Wildman–Crippen MR) is 90.5 cm³/mol. The number of piperidine rings is 1. The molecule has 2 unspecified atom stereocenters. The third-order valence-corrected chi connectivity index (χ3v) is 5.77. The van der Waals surface area contributed by atoms with Gasteiger partial charge in [0, 0.05) is 25.7 Å². The molecule has 2 atom stereocenters. The van der Waals surface area contributed by atoms with Gasteiger partial charge < -0.3 is 10.2 Å². The third kappa shape index (κ3) is 5.25. The summed E-state index contributed by atoms with van der Waals surface area (Å²) < 4.78 is 0. The van der Waals surface area contributed by atoms with E-state index in [9.17, 15) is 0 Å². The Kier molecular flexibility index (Phi) is 5.61. The minimum Gasteiger partial charge on any atom is -0.312 e. The molecule has 2 heteroatoms. The van der Waals surface area contributed by atoms with Crippen LogP contribution in [0.15, 0.2) is 0 Å². The highest BCUT2D eigenvalue weighted by Gasteiger charge is 2.32. The third-order valence-electron chi connectivity index (χ3n) is 5.77. The Balaban J connectivity index is 1.47. The normalized spacial score (nSPS) is 32.1. The zero-order valence-electron chi connectivity index (χ0n) is 14.3. The molecule has 2 saturated carbocycles. The van der Waals surface area contributed by atoms with Gasteiger partial charge in [0.05, 0.1) is 0 Å². The zero-order chi connectivity index (χ0) is 14.7. The van der Waals surface area contributed by atoms with Crippen molar-refractivity contribution in [1.82, 2.24) is 10.2 Å². The summed E-state index contributed by atoms with van der Waals surface area (Å²) in [5.74, 6) is 3.84. The predicted octanol–water partition coefficient (Wildman–Crippen LogP) is 3.91. The number of rotatable bonds is 7. The maximum atomic E-state index is 3.95. The van der Waals surface area contributed by atoms with Crippen molar-refractivity contribution in [3.05, 3.63) is 0 Å². The van der Waals surface area contributed by atoms with E-state index in [4.69, 9.17) is 0 Å². The Morgan fingerprint density at radius 2 is 1.71 bits per heavy atom. The van der Waals surface area contributed by atoms with Crippen molar-refractivity contribution in [2.45, 2.75) is 71.3 Å². The maximum Gasteiger partial charge on any atom is 0.0198 e. The van der Waals surface area contributed by atoms with E-state index in [-0.39, 0.29) is 0 Å².